The first-order valence-corrected chi connectivity index (χ1v) is 6.56. The molecule has 106 valence electrons. The molecule has 2 aromatic rings. The van der Waals surface area contributed by atoms with E-state index in [9.17, 15) is 9.59 Å². The number of hydrogen-bond acceptors (Lipinski definition) is 4. The summed E-state index contributed by atoms with van der Waals surface area (Å²) in [4.78, 5) is 25.3. The molecule has 0 aromatic heterocycles. The average molecular weight is 282 g/mol. The van der Waals surface area contributed by atoms with Gasteiger partial charge in [0.1, 0.15) is 5.75 Å². The topological polar surface area (TPSA) is 52.6 Å². The van der Waals surface area contributed by atoms with Gasteiger partial charge in [0, 0.05) is 29.4 Å². The molecular weight excluding hydrogens is 268 g/mol. The standard InChI is InChI=1S/C17H14O4/c1-20-9-10-7-8-13-14(17(10)21-2)16(19)12-6-4-3-5-11(12)15(13)18/h3-8H,9H2,1-2H3. The van der Waals surface area contributed by atoms with E-state index in [4.69, 9.17) is 9.47 Å². The summed E-state index contributed by atoms with van der Waals surface area (Å²) in [6.07, 6.45) is 0. The minimum Gasteiger partial charge on any atom is -0.496 e. The van der Waals surface area contributed by atoms with Crippen LogP contribution in [0.5, 0.6) is 5.75 Å². The number of ether oxygens (including phenoxy) is 2. The number of benzene rings is 2. The highest BCUT2D eigenvalue weighted by Crippen LogP contribution is 2.35. The van der Waals surface area contributed by atoms with Crippen molar-refractivity contribution < 1.29 is 19.1 Å². The fourth-order valence-corrected chi connectivity index (χ4v) is 2.70. The molecule has 0 spiro atoms. The predicted octanol–water partition coefficient (Wildman–Crippen LogP) is 2.62. The Kier molecular flexibility index (Phi) is 3.31. The first kappa shape index (κ1) is 13.5. The molecule has 0 amide bonds. The van der Waals surface area contributed by atoms with Crippen molar-refractivity contribution in [2.75, 3.05) is 14.2 Å². The second kappa shape index (κ2) is 5.14. The molecule has 0 unspecified atom stereocenters. The highest BCUT2D eigenvalue weighted by Gasteiger charge is 2.33. The van der Waals surface area contributed by atoms with Gasteiger partial charge in [0.05, 0.1) is 19.3 Å². The van der Waals surface area contributed by atoms with E-state index in [2.05, 4.69) is 0 Å². The molecule has 0 bridgehead atoms. The Morgan fingerprint density at radius 3 is 2.14 bits per heavy atom. The van der Waals surface area contributed by atoms with Crippen molar-refractivity contribution in [1.82, 2.24) is 0 Å². The molecule has 1 aliphatic carbocycles. The van der Waals surface area contributed by atoms with E-state index >= 15 is 0 Å². The Hall–Kier alpha value is -2.46. The van der Waals surface area contributed by atoms with Gasteiger partial charge >= 0.3 is 0 Å². The molecule has 4 nitrogen and oxygen atoms in total. The monoisotopic (exact) mass is 282 g/mol. The average Bonchev–Trinajstić information content (AvgIpc) is 2.52. The van der Waals surface area contributed by atoms with Gasteiger partial charge in [-0.05, 0) is 6.07 Å². The maximum Gasteiger partial charge on any atom is 0.198 e. The third-order valence-electron chi connectivity index (χ3n) is 3.63. The zero-order valence-corrected chi connectivity index (χ0v) is 11.8. The largest absolute Gasteiger partial charge is 0.496 e. The molecule has 0 N–H and O–H groups in total. The van der Waals surface area contributed by atoms with Gasteiger partial charge in [-0.2, -0.15) is 0 Å². The van der Waals surface area contributed by atoms with Crippen LogP contribution in [0.15, 0.2) is 36.4 Å². The molecule has 0 saturated carbocycles. The number of fused-ring (bicyclic) bond motifs is 2. The van der Waals surface area contributed by atoms with Crippen LogP contribution in [0.2, 0.25) is 0 Å². The van der Waals surface area contributed by atoms with Gasteiger partial charge in [-0.25, -0.2) is 0 Å². The zero-order chi connectivity index (χ0) is 15.0. The van der Waals surface area contributed by atoms with Crippen molar-refractivity contribution in [3.05, 3.63) is 64.2 Å². The predicted molar refractivity (Wildman–Crippen MR) is 77.0 cm³/mol. The summed E-state index contributed by atoms with van der Waals surface area (Å²) >= 11 is 0. The van der Waals surface area contributed by atoms with Gasteiger partial charge in [-0.15, -0.1) is 0 Å². The molecule has 21 heavy (non-hydrogen) atoms. The smallest absolute Gasteiger partial charge is 0.198 e. The lowest BCUT2D eigenvalue weighted by molar-refractivity contribution is 0.0975. The SMILES string of the molecule is COCc1ccc2c(c1OC)C(=O)c1ccccc1C2=O. The van der Waals surface area contributed by atoms with Gasteiger partial charge < -0.3 is 9.47 Å². The van der Waals surface area contributed by atoms with Crippen LogP contribution >= 0.6 is 0 Å². The Morgan fingerprint density at radius 1 is 0.857 bits per heavy atom. The van der Waals surface area contributed by atoms with E-state index < -0.39 is 0 Å². The lowest BCUT2D eigenvalue weighted by Gasteiger charge is -2.21. The summed E-state index contributed by atoms with van der Waals surface area (Å²) in [6, 6.07) is 10.3. The minimum absolute atomic E-state index is 0.150. The Bertz CT molecular complexity index is 746. The highest BCUT2D eigenvalue weighted by atomic mass is 16.5. The third kappa shape index (κ3) is 1.96. The van der Waals surface area contributed by atoms with E-state index in [1.807, 2.05) is 0 Å². The molecule has 0 heterocycles. The maximum absolute atomic E-state index is 12.7. The van der Waals surface area contributed by atoms with Crippen molar-refractivity contribution in [1.29, 1.82) is 0 Å². The van der Waals surface area contributed by atoms with Crippen molar-refractivity contribution in [3.8, 4) is 5.75 Å². The summed E-state index contributed by atoms with van der Waals surface area (Å²) < 4.78 is 10.5. The van der Waals surface area contributed by atoms with Crippen LogP contribution in [0.4, 0.5) is 0 Å². The van der Waals surface area contributed by atoms with Crippen LogP contribution in [-0.4, -0.2) is 25.8 Å². The van der Waals surface area contributed by atoms with Crippen molar-refractivity contribution >= 4 is 11.6 Å². The highest BCUT2D eigenvalue weighted by molar-refractivity contribution is 6.29. The zero-order valence-electron chi connectivity index (χ0n) is 11.8. The number of rotatable bonds is 3. The molecule has 0 saturated heterocycles. The summed E-state index contributed by atoms with van der Waals surface area (Å²) in [5.74, 6) is 0.0830. The fourth-order valence-electron chi connectivity index (χ4n) is 2.70. The number of carbonyl (C=O) groups is 2. The quantitative estimate of drug-likeness (QED) is 0.741. The van der Waals surface area contributed by atoms with Gasteiger partial charge in [0.15, 0.2) is 11.6 Å². The normalized spacial score (nSPS) is 12.9. The Balaban J connectivity index is 2.27. The van der Waals surface area contributed by atoms with Gasteiger partial charge in [0.2, 0.25) is 0 Å². The summed E-state index contributed by atoms with van der Waals surface area (Å²) in [7, 11) is 3.06. The van der Waals surface area contributed by atoms with E-state index in [1.54, 1.807) is 43.5 Å². The van der Waals surface area contributed by atoms with Gasteiger partial charge in [0.25, 0.3) is 0 Å². The molecule has 3 rings (SSSR count). The fraction of sp³-hybridized carbons (Fsp3) is 0.176. The van der Waals surface area contributed by atoms with Gasteiger partial charge in [-0.3, -0.25) is 9.59 Å². The number of hydrogen-bond donors (Lipinski definition) is 0. The third-order valence-corrected chi connectivity index (χ3v) is 3.63. The molecule has 0 radical (unpaired) electrons. The van der Waals surface area contributed by atoms with Crippen LogP contribution in [0.1, 0.15) is 37.4 Å². The number of ketones is 2. The minimum atomic E-state index is -0.185. The van der Waals surface area contributed by atoms with E-state index in [-0.39, 0.29) is 11.6 Å². The van der Waals surface area contributed by atoms with E-state index in [1.165, 1.54) is 7.11 Å². The molecule has 0 aliphatic heterocycles. The van der Waals surface area contributed by atoms with Crippen LogP contribution in [0, 0.1) is 0 Å². The number of methoxy groups -OCH3 is 2. The number of carbonyl (C=O) groups excluding carboxylic acids is 2. The summed E-state index contributed by atoms with van der Waals surface area (Å²) in [6.45, 7) is 0.319. The van der Waals surface area contributed by atoms with Crippen LogP contribution in [0.3, 0.4) is 0 Å². The second-order valence-electron chi connectivity index (χ2n) is 4.82. The van der Waals surface area contributed by atoms with Crippen molar-refractivity contribution in [2.45, 2.75) is 6.61 Å². The second-order valence-corrected chi connectivity index (χ2v) is 4.82. The molecule has 2 aromatic carbocycles. The molecular formula is C17H14O4. The maximum atomic E-state index is 12.7. The molecule has 4 heteroatoms. The Morgan fingerprint density at radius 2 is 1.52 bits per heavy atom. The lowest BCUT2D eigenvalue weighted by Crippen LogP contribution is -2.22. The van der Waals surface area contributed by atoms with Crippen LogP contribution in [0.25, 0.3) is 0 Å². The van der Waals surface area contributed by atoms with Gasteiger partial charge in [-0.1, -0.05) is 30.3 Å². The van der Waals surface area contributed by atoms with Crippen molar-refractivity contribution in [2.24, 2.45) is 0 Å². The molecule has 0 fully saturated rings. The Labute approximate surface area is 122 Å². The molecule has 1 aliphatic rings. The van der Waals surface area contributed by atoms with Crippen molar-refractivity contribution in [3.63, 3.8) is 0 Å². The first-order chi connectivity index (χ1) is 10.2. The van der Waals surface area contributed by atoms with E-state index in [0.717, 1.165) is 5.56 Å². The first-order valence-electron chi connectivity index (χ1n) is 6.56. The van der Waals surface area contributed by atoms with E-state index in [0.29, 0.717) is 34.6 Å². The summed E-state index contributed by atoms with van der Waals surface area (Å²) in [5, 5.41) is 0. The van der Waals surface area contributed by atoms with Crippen LogP contribution < -0.4 is 4.74 Å². The molecule has 0 atom stereocenters. The summed E-state index contributed by atoms with van der Waals surface area (Å²) in [5.41, 5.74) is 2.32. The van der Waals surface area contributed by atoms with Crippen LogP contribution in [-0.2, 0) is 11.3 Å². The lowest BCUT2D eigenvalue weighted by atomic mass is 9.82.